The van der Waals surface area contributed by atoms with Crippen LogP contribution in [0.4, 0.5) is 0 Å². The molecule has 0 aromatic carbocycles. The van der Waals surface area contributed by atoms with Crippen LogP contribution in [-0.4, -0.2) is 0 Å². The van der Waals surface area contributed by atoms with Gasteiger partial charge in [-0.05, 0) is 91.3 Å². The second-order valence-corrected chi connectivity index (χ2v) is 10.2. The molecule has 0 aromatic heterocycles. The Morgan fingerprint density at radius 1 is 1.05 bits per heavy atom. The highest BCUT2D eigenvalue weighted by atomic mass is 14.6. The molecular formula is C22H36. The zero-order chi connectivity index (χ0) is 15.7. The van der Waals surface area contributed by atoms with E-state index >= 15 is 0 Å². The van der Waals surface area contributed by atoms with Gasteiger partial charge in [-0.1, -0.05) is 46.3 Å². The Morgan fingerprint density at radius 3 is 2.59 bits per heavy atom. The summed E-state index contributed by atoms with van der Waals surface area (Å²) in [6, 6.07) is 0. The van der Waals surface area contributed by atoms with Gasteiger partial charge in [-0.2, -0.15) is 0 Å². The minimum absolute atomic E-state index is 0.478. The predicted octanol–water partition coefficient (Wildman–Crippen LogP) is 6.47. The smallest absolute Gasteiger partial charge is 0.00853 e. The van der Waals surface area contributed by atoms with E-state index < -0.39 is 0 Å². The van der Waals surface area contributed by atoms with Gasteiger partial charge in [-0.25, -0.2) is 0 Å². The lowest BCUT2D eigenvalue weighted by molar-refractivity contribution is -0.130. The van der Waals surface area contributed by atoms with Crippen molar-refractivity contribution in [3.63, 3.8) is 0 Å². The van der Waals surface area contributed by atoms with Gasteiger partial charge in [0.15, 0.2) is 0 Å². The molecule has 0 N–H and O–H groups in total. The van der Waals surface area contributed by atoms with Gasteiger partial charge < -0.3 is 0 Å². The summed E-state index contributed by atoms with van der Waals surface area (Å²) in [6.07, 6.45) is 11.7. The molecule has 124 valence electrons. The van der Waals surface area contributed by atoms with Crippen molar-refractivity contribution in [2.45, 2.75) is 79.1 Å². The summed E-state index contributed by atoms with van der Waals surface area (Å²) < 4.78 is 0. The molecule has 4 aliphatic rings. The van der Waals surface area contributed by atoms with E-state index in [0.29, 0.717) is 10.8 Å². The van der Waals surface area contributed by atoms with E-state index in [1.54, 1.807) is 5.57 Å². The van der Waals surface area contributed by atoms with Crippen LogP contribution in [0.2, 0.25) is 0 Å². The zero-order valence-electron chi connectivity index (χ0n) is 15.3. The van der Waals surface area contributed by atoms with Crippen LogP contribution in [0.5, 0.6) is 0 Å². The number of rotatable bonds is 0. The summed E-state index contributed by atoms with van der Waals surface area (Å²) >= 11 is 0. The van der Waals surface area contributed by atoms with Crippen molar-refractivity contribution in [3.8, 4) is 0 Å². The maximum absolute atomic E-state index is 4.49. The van der Waals surface area contributed by atoms with Gasteiger partial charge in [0.25, 0.3) is 0 Å². The third-order valence-electron chi connectivity index (χ3n) is 9.13. The molecule has 0 radical (unpaired) electrons. The summed E-state index contributed by atoms with van der Waals surface area (Å²) in [7, 11) is 0. The molecule has 4 fully saturated rings. The van der Waals surface area contributed by atoms with Gasteiger partial charge in [-0.3, -0.25) is 0 Å². The molecule has 0 saturated heterocycles. The fourth-order valence-corrected chi connectivity index (χ4v) is 8.08. The number of hydrogen-bond acceptors (Lipinski definition) is 0. The minimum Gasteiger partial charge on any atom is -0.0993 e. The van der Waals surface area contributed by atoms with Crippen LogP contribution in [0.1, 0.15) is 79.1 Å². The molecule has 0 nitrogen and oxygen atoms in total. The molecular weight excluding hydrogens is 264 g/mol. The molecule has 0 heteroatoms. The van der Waals surface area contributed by atoms with Crippen molar-refractivity contribution in [1.29, 1.82) is 0 Å². The Kier molecular flexibility index (Phi) is 3.38. The average Bonchev–Trinajstić information content (AvgIpc) is 2.75. The van der Waals surface area contributed by atoms with E-state index in [0.717, 1.165) is 35.5 Å². The zero-order valence-corrected chi connectivity index (χ0v) is 15.3. The van der Waals surface area contributed by atoms with E-state index in [4.69, 9.17) is 0 Å². The van der Waals surface area contributed by atoms with Crippen LogP contribution in [-0.2, 0) is 0 Å². The van der Waals surface area contributed by atoms with E-state index in [-0.39, 0.29) is 0 Å². The Hall–Kier alpha value is -0.260. The topological polar surface area (TPSA) is 0 Å². The first kappa shape index (κ1) is 15.3. The third kappa shape index (κ3) is 1.88. The van der Waals surface area contributed by atoms with Crippen molar-refractivity contribution in [3.05, 3.63) is 12.2 Å². The summed E-state index contributed by atoms with van der Waals surface area (Å²) in [5, 5.41) is 0. The van der Waals surface area contributed by atoms with Crippen LogP contribution in [0.25, 0.3) is 0 Å². The van der Waals surface area contributed by atoms with Crippen molar-refractivity contribution in [2.24, 2.45) is 46.3 Å². The molecule has 0 heterocycles. The molecule has 4 rings (SSSR count). The van der Waals surface area contributed by atoms with Gasteiger partial charge in [0, 0.05) is 0 Å². The Labute approximate surface area is 138 Å². The molecule has 0 aromatic rings. The molecule has 0 aliphatic heterocycles. The maximum Gasteiger partial charge on any atom is -0.00853 e. The van der Waals surface area contributed by atoms with Crippen LogP contribution < -0.4 is 0 Å². The maximum atomic E-state index is 4.49. The Balaban J connectivity index is 1.69. The fourth-order valence-electron chi connectivity index (χ4n) is 8.08. The van der Waals surface area contributed by atoms with Crippen LogP contribution in [0.3, 0.4) is 0 Å². The van der Waals surface area contributed by atoms with Crippen molar-refractivity contribution in [2.75, 3.05) is 0 Å². The van der Waals surface area contributed by atoms with E-state index in [1.165, 1.54) is 51.4 Å². The molecule has 0 unspecified atom stereocenters. The van der Waals surface area contributed by atoms with Gasteiger partial charge in [-0.15, -0.1) is 0 Å². The molecule has 0 amide bonds. The standard InChI is InChI=1S/C22H36/c1-14-10-11-21(4)17(12-14)7-8-18-19-9-6-16(3)22(19,5)13-15(2)20(18)21/h14-15,17-20H,3,6-13H2,1-2,4-5H3/t14-,15+,17+,18+,19+,20+,21+,22-/m1/s1. The van der Waals surface area contributed by atoms with Crippen molar-refractivity contribution < 1.29 is 0 Å². The summed E-state index contributed by atoms with van der Waals surface area (Å²) in [4.78, 5) is 0. The highest BCUT2D eigenvalue weighted by Gasteiger charge is 2.60. The predicted molar refractivity (Wildman–Crippen MR) is 94.6 cm³/mol. The van der Waals surface area contributed by atoms with Gasteiger partial charge in [0.2, 0.25) is 0 Å². The van der Waals surface area contributed by atoms with Crippen LogP contribution in [0, 0.1) is 46.3 Å². The van der Waals surface area contributed by atoms with Crippen LogP contribution in [0.15, 0.2) is 12.2 Å². The quantitative estimate of drug-likeness (QED) is 0.450. The summed E-state index contributed by atoms with van der Waals surface area (Å²) in [5.41, 5.74) is 2.72. The van der Waals surface area contributed by atoms with Crippen molar-refractivity contribution in [1.82, 2.24) is 0 Å². The molecule has 4 aliphatic carbocycles. The molecule has 0 bridgehead atoms. The third-order valence-corrected chi connectivity index (χ3v) is 9.13. The average molecular weight is 301 g/mol. The molecule has 22 heavy (non-hydrogen) atoms. The minimum atomic E-state index is 0.478. The first-order valence-electron chi connectivity index (χ1n) is 10.0. The molecule has 8 atom stereocenters. The van der Waals surface area contributed by atoms with Crippen molar-refractivity contribution >= 4 is 0 Å². The lowest BCUT2D eigenvalue weighted by Gasteiger charge is -2.62. The largest absolute Gasteiger partial charge is 0.0993 e. The number of fused-ring (bicyclic) bond motifs is 5. The SMILES string of the molecule is C=C1CC[C@H]2[C@@H]3CC[C@H]4C[C@H](C)CC[C@]4(C)[C@H]3[C@@H](C)C[C@]12C. The van der Waals surface area contributed by atoms with Gasteiger partial charge in [0.05, 0.1) is 0 Å². The monoisotopic (exact) mass is 300 g/mol. The van der Waals surface area contributed by atoms with Crippen LogP contribution >= 0.6 is 0 Å². The second-order valence-electron chi connectivity index (χ2n) is 10.2. The van der Waals surface area contributed by atoms with E-state index in [9.17, 15) is 0 Å². The van der Waals surface area contributed by atoms with E-state index in [1.807, 2.05) is 0 Å². The summed E-state index contributed by atoms with van der Waals surface area (Å²) in [5.74, 6) is 5.87. The normalized spacial score (nSPS) is 57.9. The first-order chi connectivity index (χ1) is 10.4. The lowest BCUT2D eigenvalue weighted by Crippen LogP contribution is -2.55. The highest BCUT2D eigenvalue weighted by molar-refractivity contribution is 5.22. The molecule has 4 saturated carbocycles. The highest BCUT2D eigenvalue weighted by Crippen LogP contribution is 2.68. The summed E-state index contributed by atoms with van der Waals surface area (Å²) in [6.45, 7) is 14.8. The second kappa shape index (κ2) is 4.87. The Morgan fingerprint density at radius 2 is 1.82 bits per heavy atom. The van der Waals surface area contributed by atoms with Gasteiger partial charge >= 0.3 is 0 Å². The van der Waals surface area contributed by atoms with Gasteiger partial charge in [0.1, 0.15) is 0 Å². The lowest BCUT2D eigenvalue weighted by atomic mass is 9.42. The van der Waals surface area contributed by atoms with E-state index in [2.05, 4.69) is 34.3 Å². The molecule has 0 spiro atoms. The Bertz CT molecular complexity index is 476. The number of allylic oxidation sites excluding steroid dienone is 1. The first-order valence-corrected chi connectivity index (χ1v) is 10.0. The fraction of sp³-hybridized carbons (Fsp3) is 0.909. The number of hydrogen-bond donors (Lipinski definition) is 0.